The van der Waals surface area contributed by atoms with Crippen molar-refractivity contribution in [3.05, 3.63) is 64.7 Å². The molecule has 0 saturated heterocycles. The number of nitro groups is 1. The van der Waals surface area contributed by atoms with Crippen LogP contribution in [0.1, 0.15) is 0 Å². The first-order valence-electron chi connectivity index (χ1n) is 3.83. The van der Waals surface area contributed by atoms with Crippen LogP contribution in [0.4, 0.5) is 5.69 Å². The molecule has 14 heavy (non-hydrogen) atoms. The van der Waals surface area contributed by atoms with E-state index < -0.39 is 4.92 Å². The molecule has 74 valence electrons. The second-order valence-electron chi connectivity index (χ2n) is 2.36. The molecule has 0 aliphatic rings. The molecule has 0 saturated carbocycles. The quantitative estimate of drug-likeness (QED) is 0.327. The normalized spacial score (nSPS) is 8.00. The Morgan fingerprint density at radius 2 is 1.57 bits per heavy atom. The van der Waals surface area contributed by atoms with Crippen molar-refractivity contribution in [1.29, 1.82) is 0 Å². The molecule has 2 rings (SSSR count). The van der Waals surface area contributed by atoms with Crippen LogP contribution in [0.3, 0.4) is 0 Å². The van der Waals surface area contributed by atoms with Crippen molar-refractivity contribution in [2.24, 2.45) is 0 Å². The molecule has 4 heteroatoms. The molecule has 0 aromatic heterocycles. The minimum atomic E-state index is -0.417. The average molecular weight is 231 g/mol. The van der Waals surface area contributed by atoms with E-state index in [0.717, 1.165) is 0 Å². The molecule has 3 nitrogen and oxygen atoms in total. The van der Waals surface area contributed by atoms with Gasteiger partial charge >= 0.3 is 17.1 Å². The van der Waals surface area contributed by atoms with Crippen LogP contribution in [0, 0.1) is 10.1 Å². The van der Waals surface area contributed by atoms with E-state index in [-0.39, 0.29) is 22.8 Å². The monoisotopic (exact) mass is 231 g/mol. The topological polar surface area (TPSA) is 43.1 Å². The van der Waals surface area contributed by atoms with Crippen LogP contribution in [0.5, 0.6) is 0 Å². The minimum absolute atomic E-state index is 0. The molecule has 0 unspecified atom stereocenters. The molecule has 0 amide bonds. The fourth-order valence-electron chi connectivity index (χ4n) is 0.806. The Bertz CT molecular complexity index is 310. The van der Waals surface area contributed by atoms with Gasteiger partial charge in [0.2, 0.25) is 0 Å². The SMILES string of the molecule is O=[N+]([O-])[c-]1cccc1.[Fe+2].c1cc[cH-]c1. The van der Waals surface area contributed by atoms with Gasteiger partial charge in [0.05, 0.1) is 0 Å². The first-order valence-corrected chi connectivity index (χ1v) is 3.83. The van der Waals surface area contributed by atoms with E-state index in [1.165, 1.54) is 12.1 Å². The zero-order valence-electron chi connectivity index (χ0n) is 7.31. The third-order valence-electron chi connectivity index (χ3n) is 1.41. The predicted molar refractivity (Wildman–Crippen MR) is 50.7 cm³/mol. The standard InChI is InChI=1S/C5H4NO2.C5H5.Fe/c7-6(8)5-3-1-2-4-5;1-2-4-5-3-1;/h1-4H;1-5H;/q2*-1;+2. The first-order chi connectivity index (χ1) is 6.30. The van der Waals surface area contributed by atoms with Crippen molar-refractivity contribution in [2.75, 3.05) is 0 Å². The number of rotatable bonds is 1. The van der Waals surface area contributed by atoms with Crippen LogP contribution in [0.2, 0.25) is 0 Å². The Labute approximate surface area is 92.7 Å². The summed E-state index contributed by atoms with van der Waals surface area (Å²) >= 11 is 0. The van der Waals surface area contributed by atoms with Crippen LogP contribution in [-0.4, -0.2) is 4.92 Å². The maximum absolute atomic E-state index is 9.87. The number of hydrogen-bond donors (Lipinski definition) is 0. The van der Waals surface area contributed by atoms with Crippen LogP contribution < -0.4 is 0 Å². The molecule has 0 bridgehead atoms. The van der Waals surface area contributed by atoms with Gasteiger partial charge in [-0.1, -0.05) is 0 Å². The van der Waals surface area contributed by atoms with Crippen molar-refractivity contribution < 1.29 is 22.0 Å². The molecule has 2 aromatic carbocycles. The fraction of sp³-hybridized carbons (Fsp3) is 0. The summed E-state index contributed by atoms with van der Waals surface area (Å²) in [5, 5.41) is 9.87. The van der Waals surface area contributed by atoms with Gasteiger partial charge in [-0.2, -0.15) is 18.2 Å². The summed E-state index contributed by atoms with van der Waals surface area (Å²) in [7, 11) is 0. The van der Waals surface area contributed by atoms with E-state index in [0.29, 0.717) is 0 Å². The zero-order chi connectivity index (χ0) is 9.52. The summed E-state index contributed by atoms with van der Waals surface area (Å²) in [5.74, 6) is 0. The molecule has 0 aliphatic carbocycles. The zero-order valence-corrected chi connectivity index (χ0v) is 8.42. The van der Waals surface area contributed by atoms with Crippen molar-refractivity contribution >= 4 is 5.69 Å². The van der Waals surface area contributed by atoms with Crippen molar-refractivity contribution in [1.82, 2.24) is 0 Å². The second kappa shape index (κ2) is 7.06. The van der Waals surface area contributed by atoms with Crippen molar-refractivity contribution in [2.45, 2.75) is 0 Å². The van der Waals surface area contributed by atoms with Gasteiger partial charge in [-0.25, -0.2) is 24.3 Å². The Hall–Kier alpha value is -1.38. The third-order valence-corrected chi connectivity index (χ3v) is 1.41. The Balaban J connectivity index is 0.000000246. The minimum Gasteiger partial charge on any atom is -0.270 e. The number of hydrogen-bond acceptors (Lipinski definition) is 2. The van der Waals surface area contributed by atoms with E-state index in [1.54, 1.807) is 12.1 Å². The maximum atomic E-state index is 9.87. The van der Waals surface area contributed by atoms with Gasteiger partial charge in [-0.3, -0.25) is 10.1 Å². The van der Waals surface area contributed by atoms with Crippen LogP contribution >= 0.6 is 0 Å². The number of nitrogens with zero attached hydrogens (tertiary/aromatic N) is 1. The third kappa shape index (κ3) is 4.60. The maximum Gasteiger partial charge on any atom is 2.00 e. The summed E-state index contributed by atoms with van der Waals surface area (Å²) < 4.78 is 0. The van der Waals surface area contributed by atoms with E-state index >= 15 is 0 Å². The van der Waals surface area contributed by atoms with Crippen molar-refractivity contribution in [3.8, 4) is 0 Å². The molecule has 0 aliphatic heterocycles. The smallest absolute Gasteiger partial charge is 0.270 e. The van der Waals surface area contributed by atoms with Crippen LogP contribution in [-0.2, 0) is 17.1 Å². The fourth-order valence-corrected chi connectivity index (χ4v) is 0.806. The van der Waals surface area contributed by atoms with E-state index in [1.807, 2.05) is 30.3 Å². The van der Waals surface area contributed by atoms with Crippen LogP contribution in [0.25, 0.3) is 0 Å². The summed E-state index contributed by atoms with van der Waals surface area (Å²) in [6.07, 6.45) is 0. The average Bonchev–Trinajstić information content (AvgIpc) is 2.82. The van der Waals surface area contributed by atoms with Gasteiger partial charge < -0.3 is 0 Å². The molecule has 0 heterocycles. The Kier molecular flexibility index (Phi) is 6.37. The van der Waals surface area contributed by atoms with Gasteiger partial charge in [0, 0.05) is 4.92 Å². The summed E-state index contributed by atoms with van der Waals surface area (Å²) in [4.78, 5) is 9.45. The van der Waals surface area contributed by atoms with Crippen molar-refractivity contribution in [3.63, 3.8) is 0 Å². The molecular formula is C10H9FeNO2. The van der Waals surface area contributed by atoms with E-state index in [2.05, 4.69) is 0 Å². The summed E-state index contributed by atoms with van der Waals surface area (Å²) in [6.45, 7) is 0. The van der Waals surface area contributed by atoms with Gasteiger partial charge in [-0.15, -0.1) is 12.1 Å². The molecule has 0 atom stereocenters. The van der Waals surface area contributed by atoms with E-state index in [4.69, 9.17) is 0 Å². The van der Waals surface area contributed by atoms with Crippen LogP contribution in [0.15, 0.2) is 54.6 Å². The largest absolute Gasteiger partial charge is 2.00 e. The molecule has 0 N–H and O–H groups in total. The molecule has 0 fully saturated rings. The summed E-state index contributed by atoms with van der Waals surface area (Å²) in [6, 6.07) is 16.2. The van der Waals surface area contributed by atoms with Gasteiger partial charge in [0.15, 0.2) is 5.69 Å². The van der Waals surface area contributed by atoms with Gasteiger partial charge in [0.1, 0.15) is 0 Å². The van der Waals surface area contributed by atoms with Gasteiger partial charge in [-0.05, 0) is 0 Å². The Morgan fingerprint density at radius 3 is 1.79 bits per heavy atom. The molecule has 2 aromatic rings. The predicted octanol–water partition coefficient (Wildman–Crippen LogP) is 2.72. The van der Waals surface area contributed by atoms with Gasteiger partial charge in [0.25, 0.3) is 0 Å². The Morgan fingerprint density at radius 1 is 1.07 bits per heavy atom. The second-order valence-corrected chi connectivity index (χ2v) is 2.36. The molecular weight excluding hydrogens is 222 g/mol. The molecule has 0 spiro atoms. The summed E-state index contributed by atoms with van der Waals surface area (Å²) in [5.41, 5.74) is 0.157. The first kappa shape index (κ1) is 12.6. The van der Waals surface area contributed by atoms with E-state index in [9.17, 15) is 10.1 Å². The molecule has 0 radical (unpaired) electrons.